The van der Waals surface area contributed by atoms with Crippen LogP contribution < -0.4 is 10.5 Å². The molecule has 1 aromatic rings. The van der Waals surface area contributed by atoms with Crippen LogP contribution in [-0.4, -0.2) is 13.7 Å². The first-order valence-electron chi connectivity index (χ1n) is 3.80. The average molecular weight is 179 g/mol. The van der Waals surface area contributed by atoms with E-state index in [1.807, 2.05) is 0 Å². The molecule has 3 heteroatoms. The fourth-order valence-electron chi connectivity index (χ4n) is 0.870. The number of halogens is 1. The quantitative estimate of drug-likeness (QED) is 0.656. The van der Waals surface area contributed by atoms with Gasteiger partial charge in [-0.25, -0.2) is 4.39 Å². The van der Waals surface area contributed by atoms with Crippen molar-refractivity contribution in [3.8, 4) is 17.6 Å². The van der Waals surface area contributed by atoms with Crippen molar-refractivity contribution in [3.63, 3.8) is 0 Å². The summed E-state index contributed by atoms with van der Waals surface area (Å²) in [6.07, 6.45) is 0. The van der Waals surface area contributed by atoms with Crippen molar-refractivity contribution >= 4 is 0 Å². The van der Waals surface area contributed by atoms with Gasteiger partial charge in [-0.2, -0.15) is 0 Å². The van der Waals surface area contributed by atoms with E-state index in [0.29, 0.717) is 11.3 Å². The van der Waals surface area contributed by atoms with Crippen LogP contribution >= 0.6 is 0 Å². The van der Waals surface area contributed by atoms with Crippen molar-refractivity contribution in [2.45, 2.75) is 0 Å². The first-order chi connectivity index (χ1) is 6.27. The van der Waals surface area contributed by atoms with Crippen molar-refractivity contribution in [3.05, 3.63) is 29.6 Å². The molecular weight excluding hydrogens is 169 g/mol. The highest BCUT2D eigenvalue weighted by atomic mass is 19.1. The van der Waals surface area contributed by atoms with E-state index in [4.69, 9.17) is 10.5 Å². The molecular formula is C10H10FNO. The predicted molar refractivity (Wildman–Crippen MR) is 48.9 cm³/mol. The molecule has 0 radical (unpaired) electrons. The maximum Gasteiger partial charge on any atom is 0.142 e. The Morgan fingerprint density at radius 3 is 2.85 bits per heavy atom. The zero-order valence-electron chi connectivity index (χ0n) is 7.30. The second kappa shape index (κ2) is 4.48. The van der Waals surface area contributed by atoms with Crippen molar-refractivity contribution < 1.29 is 9.13 Å². The van der Waals surface area contributed by atoms with Crippen LogP contribution in [-0.2, 0) is 0 Å². The molecule has 0 bridgehead atoms. The lowest BCUT2D eigenvalue weighted by Gasteiger charge is -1.99. The van der Waals surface area contributed by atoms with Gasteiger partial charge in [-0.3, -0.25) is 0 Å². The number of ether oxygens (including phenoxy) is 1. The van der Waals surface area contributed by atoms with Gasteiger partial charge in [0.2, 0.25) is 0 Å². The van der Waals surface area contributed by atoms with Gasteiger partial charge in [0.1, 0.15) is 11.6 Å². The number of hydrogen-bond acceptors (Lipinski definition) is 2. The maximum atomic E-state index is 13.1. The topological polar surface area (TPSA) is 35.2 Å². The fraction of sp³-hybridized carbons (Fsp3) is 0.200. The summed E-state index contributed by atoms with van der Waals surface area (Å²) in [4.78, 5) is 0. The third-order valence-electron chi connectivity index (χ3n) is 1.50. The van der Waals surface area contributed by atoms with Crippen LogP contribution in [0.5, 0.6) is 5.75 Å². The van der Waals surface area contributed by atoms with Crippen LogP contribution in [0.4, 0.5) is 4.39 Å². The highest BCUT2D eigenvalue weighted by molar-refractivity contribution is 5.39. The summed E-state index contributed by atoms with van der Waals surface area (Å²) in [6.45, 7) is 0.228. The van der Waals surface area contributed by atoms with Crippen molar-refractivity contribution in [2.24, 2.45) is 5.73 Å². The molecule has 0 aliphatic rings. The van der Waals surface area contributed by atoms with Crippen molar-refractivity contribution in [1.82, 2.24) is 0 Å². The molecule has 13 heavy (non-hydrogen) atoms. The molecule has 0 fully saturated rings. The Bertz CT molecular complexity index is 352. The first kappa shape index (κ1) is 9.56. The Morgan fingerprint density at radius 1 is 1.54 bits per heavy atom. The van der Waals surface area contributed by atoms with E-state index >= 15 is 0 Å². The summed E-state index contributed by atoms with van der Waals surface area (Å²) in [7, 11) is 1.49. The molecule has 0 atom stereocenters. The summed E-state index contributed by atoms with van der Waals surface area (Å²) < 4.78 is 18.0. The number of hydrogen-bond donors (Lipinski definition) is 1. The zero-order valence-corrected chi connectivity index (χ0v) is 7.30. The second-order valence-corrected chi connectivity index (χ2v) is 2.35. The van der Waals surface area contributed by atoms with E-state index < -0.39 is 0 Å². The smallest absolute Gasteiger partial charge is 0.142 e. The van der Waals surface area contributed by atoms with Crippen molar-refractivity contribution in [2.75, 3.05) is 13.7 Å². The molecule has 0 unspecified atom stereocenters. The Hall–Kier alpha value is -1.53. The summed E-state index contributed by atoms with van der Waals surface area (Å²) in [5.74, 6) is 5.29. The van der Waals surface area contributed by atoms with Crippen molar-refractivity contribution in [1.29, 1.82) is 0 Å². The van der Waals surface area contributed by atoms with Gasteiger partial charge in [-0.05, 0) is 12.1 Å². The van der Waals surface area contributed by atoms with Crippen LogP contribution in [0.15, 0.2) is 18.2 Å². The van der Waals surface area contributed by atoms with Crippen LogP contribution in [0, 0.1) is 17.7 Å². The van der Waals surface area contributed by atoms with Crippen LogP contribution in [0.1, 0.15) is 5.56 Å². The molecule has 68 valence electrons. The van der Waals surface area contributed by atoms with Gasteiger partial charge in [-0.1, -0.05) is 11.8 Å². The Labute approximate surface area is 76.5 Å². The second-order valence-electron chi connectivity index (χ2n) is 2.35. The van der Waals surface area contributed by atoms with E-state index in [-0.39, 0.29) is 12.4 Å². The molecule has 1 rings (SSSR count). The lowest BCUT2D eigenvalue weighted by atomic mass is 10.2. The minimum Gasteiger partial charge on any atom is -0.497 e. The molecule has 0 saturated heterocycles. The molecule has 0 saturated carbocycles. The predicted octanol–water partition coefficient (Wildman–Crippen LogP) is 1.14. The summed E-state index contributed by atoms with van der Waals surface area (Å²) >= 11 is 0. The van der Waals surface area contributed by atoms with Gasteiger partial charge in [0.15, 0.2) is 0 Å². The number of methoxy groups -OCH3 is 1. The van der Waals surface area contributed by atoms with Crippen LogP contribution in [0.2, 0.25) is 0 Å². The van der Waals surface area contributed by atoms with Gasteiger partial charge in [0, 0.05) is 6.07 Å². The Balaban J connectivity index is 2.98. The normalized spacial score (nSPS) is 8.85. The van der Waals surface area contributed by atoms with E-state index in [9.17, 15) is 4.39 Å². The van der Waals surface area contributed by atoms with Crippen LogP contribution in [0.3, 0.4) is 0 Å². The minimum atomic E-state index is -0.389. The number of benzene rings is 1. The Morgan fingerprint density at radius 2 is 2.31 bits per heavy atom. The van der Waals surface area contributed by atoms with Gasteiger partial charge < -0.3 is 10.5 Å². The molecule has 1 aromatic carbocycles. The van der Waals surface area contributed by atoms with Gasteiger partial charge in [0.25, 0.3) is 0 Å². The molecule has 2 N–H and O–H groups in total. The number of nitrogens with two attached hydrogens (primary N) is 1. The lowest BCUT2D eigenvalue weighted by molar-refractivity contribution is 0.411. The summed E-state index contributed by atoms with van der Waals surface area (Å²) in [5, 5.41) is 0. The molecule has 0 aromatic heterocycles. The zero-order chi connectivity index (χ0) is 9.68. The highest BCUT2D eigenvalue weighted by Crippen LogP contribution is 2.14. The molecule has 2 nitrogen and oxygen atoms in total. The highest BCUT2D eigenvalue weighted by Gasteiger charge is 1.99. The standard InChI is InChI=1S/C10H10FNO/c1-13-9-5-4-8(3-2-6-12)10(11)7-9/h4-5,7H,6,12H2,1H3. The van der Waals surface area contributed by atoms with Gasteiger partial charge in [0.05, 0.1) is 19.2 Å². The number of rotatable bonds is 1. The average Bonchev–Trinajstić information content (AvgIpc) is 2.16. The third kappa shape index (κ3) is 2.46. The van der Waals surface area contributed by atoms with E-state index in [1.165, 1.54) is 13.2 Å². The maximum absolute atomic E-state index is 13.1. The van der Waals surface area contributed by atoms with Gasteiger partial charge in [-0.15, -0.1) is 0 Å². The third-order valence-corrected chi connectivity index (χ3v) is 1.50. The summed E-state index contributed by atoms with van der Waals surface area (Å²) in [5.41, 5.74) is 5.50. The molecule has 0 spiro atoms. The lowest BCUT2D eigenvalue weighted by Crippen LogP contribution is -1.94. The van der Waals surface area contributed by atoms with E-state index in [1.54, 1.807) is 12.1 Å². The SMILES string of the molecule is COc1ccc(C#CCN)c(F)c1. The van der Waals surface area contributed by atoms with E-state index in [2.05, 4.69) is 11.8 Å². The molecule has 0 aliphatic heterocycles. The molecule has 0 aliphatic carbocycles. The van der Waals surface area contributed by atoms with Crippen LogP contribution in [0.25, 0.3) is 0 Å². The minimum absolute atomic E-state index is 0.228. The summed E-state index contributed by atoms with van der Waals surface area (Å²) in [6, 6.07) is 4.51. The largest absolute Gasteiger partial charge is 0.497 e. The fourth-order valence-corrected chi connectivity index (χ4v) is 0.870. The Kier molecular flexibility index (Phi) is 3.30. The van der Waals surface area contributed by atoms with Gasteiger partial charge >= 0.3 is 0 Å². The molecule has 0 amide bonds. The monoisotopic (exact) mass is 179 g/mol. The first-order valence-corrected chi connectivity index (χ1v) is 3.80. The van der Waals surface area contributed by atoms with E-state index in [0.717, 1.165) is 0 Å². The molecule has 0 heterocycles.